The van der Waals surface area contributed by atoms with Crippen LogP contribution in [0.2, 0.25) is 5.15 Å². The van der Waals surface area contributed by atoms with E-state index in [0.717, 1.165) is 31.7 Å². The van der Waals surface area contributed by atoms with Crippen molar-refractivity contribution in [1.82, 2.24) is 14.9 Å². The number of hydrogen-bond donors (Lipinski definition) is 1. The van der Waals surface area contributed by atoms with Crippen LogP contribution in [0.5, 0.6) is 0 Å². The van der Waals surface area contributed by atoms with Crippen LogP contribution in [0.3, 0.4) is 0 Å². The van der Waals surface area contributed by atoms with Gasteiger partial charge in [0, 0.05) is 32.3 Å². The first-order valence-corrected chi connectivity index (χ1v) is 7.50. The van der Waals surface area contributed by atoms with Crippen molar-refractivity contribution in [3.8, 4) is 0 Å². The molecule has 0 saturated carbocycles. The third-order valence-corrected chi connectivity index (χ3v) is 3.72. The summed E-state index contributed by atoms with van der Waals surface area (Å²) in [5.41, 5.74) is 0. The molecule has 0 aliphatic carbocycles. The molecule has 1 saturated heterocycles. The van der Waals surface area contributed by atoms with Gasteiger partial charge in [-0.25, -0.2) is 9.97 Å². The predicted molar refractivity (Wildman–Crippen MR) is 81.5 cm³/mol. The maximum atomic E-state index is 11.9. The molecule has 21 heavy (non-hydrogen) atoms. The van der Waals surface area contributed by atoms with E-state index in [2.05, 4.69) is 15.3 Å². The van der Waals surface area contributed by atoms with Crippen molar-refractivity contribution in [1.29, 1.82) is 0 Å². The standard InChI is InChI=1S/C14H21ClN4O2/c1-10-16-12(15)9-13(17-10)18-11-3-6-19(7-4-11)14(20)5-8-21-2/h9,11H,3-8H2,1-2H3,(H,16,17,18). The monoisotopic (exact) mass is 312 g/mol. The van der Waals surface area contributed by atoms with Gasteiger partial charge in [-0.05, 0) is 19.8 Å². The Hall–Kier alpha value is -1.40. The number of hydrogen-bond acceptors (Lipinski definition) is 5. The van der Waals surface area contributed by atoms with Crippen molar-refractivity contribution in [2.75, 3.05) is 32.1 Å². The average Bonchev–Trinajstić information content (AvgIpc) is 2.44. The van der Waals surface area contributed by atoms with Gasteiger partial charge >= 0.3 is 0 Å². The SMILES string of the molecule is COCCC(=O)N1CCC(Nc2cc(Cl)nc(C)n2)CC1. The second-order valence-electron chi connectivity index (χ2n) is 5.17. The highest BCUT2D eigenvalue weighted by molar-refractivity contribution is 6.29. The van der Waals surface area contributed by atoms with Crippen molar-refractivity contribution in [2.24, 2.45) is 0 Å². The molecule has 0 radical (unpaired) electrons. The maximum absolute atomic E-state index is 11.9. The number of carbonyl (C=O) groups excluding carboxylic acids is 1. The van der Waals surface area contributed by atoms with E-state index in [1.54, 1.807) is 13.2 Å². The summed E-state index contributed by atoms with van der Waals surface area (Å²) in [5, 5.41) is 3.81. The quantitative estimate of drug-likeness (QED) is 0.841. The Labute approximate surface area is 129 Å². The fourth-order valence-electron chi connectivity index (χ4n) is 2.44. The first-order valence-electron chi connectivity index (χ1n) is 7.13. The number of aryl methyl sites for hydroxylation is 1. The van der Waals surface area contributed by atoms with Gasteiger partial charge in [-0.2, -0.15) is 0 Å². The molecule has 6 nitrogen and oxygen atoms in total. The van der Waals surface area contributed by atoms with Crippen molar-refractivity contribution in [3.05, 3.63) is 17.0 Å². The Balaban J connectivity index is 1.82. The molecule has 116 valence electrons. The third kappa shape index (κ3) is 4.82. The molecule has 0 spiro atoms. The number of nitrogens with zero attached hydrogens (tertiary/aromatic N) is 3. The van der Waals surface area contributed by atoms with Gasteiger partial charge in [-0.15, -0.1) is 0 Å². The maximum Gasteiger partial charge on any atom is 0.224 e. The van der Waals surface area contributed by atoms with E-state index >= 15 is 0 Å². The number of amides is 1. The number of carbonyl (C=O) groups is 1. The lowest BCUT2D eigenvalue weighted by Gasteiger charge is -2.32. The van der Waals surface area contributed by atoms with Crippen molar-refractivity contribution in [3.63, 3.8) is 0 Å². The summed E-state index contributed by atoms with van der Waals surface area (Å²) in [7, 11) is 1.61. The lowest BCUT2D eigenvalue weighted by molar-refractivity contribution is -0.133. The summed E-state index contributed by atoms with van der Waals surface area (Å²) in [4.78, 5) is 22.2. The normalized spacial score (nSPS) is 16.0. The molecule has 1 amide bonds. The zero-order valence-corrected chi connectivity index (χ0v) is 13.2. The molecule has 1 N–H and O–H groups in total. The van der Waals surface area contributed by atoms with Gasteiger partial charge in [0.25, 0.3) is 0 Å². The molecule has 1 aliphatic rings. The topological polar surface area (TPSA) is 67.3 Å². The summed E-state index contributed by atoms with van der Waals surface area (Å²) in [6.07, 6.45) is 2.26. The zero-order chi connectivity index (χ0) is 15.2. The Kier molecular flexibility index (Phi) is 5.76. The van der Waals surface area contributed by atoms with E-state index in [4.69, 9.17) is 16.3 Å². The first kappa shape index (κ1) is 16.0. The summed E-state index contributed by atoms with van der Waals surface area (Å²) in [5.74, 6) is 1.56. The van der Waals surface area contributed by atoms with Crippen LogP contribution in [-0.2, 0) is 9.53 Å². The lowest BCUT2D eigenvalue weighted by Crippen LogP contribution is -2.42. The largest absolute Gasteiger partial charge is 0.384 e. The molecule has 1 aromatic heterocycles. The highest BCUT2D eigenvalue weighted by Gasteiger charge is 2.22. The van der Waals surface area contributed by atoms with Gasteiger partial charge in [-0.1, -0.05) is 11.6 Å². The van der Waals surface area contributed by atoms with E-state index in [1.165, 1.54) is 0 Å². The summed E-state index contributed by atoms with van der Waals surface area (Å²) >= 11 is 5.93. The molecule has 1 aliphatic heterocycles. The van der Waals surface area contributed by atoms with Crippen molar-refractivity contribution >= 4 is 23.3 Å². The number of ether oxygens (including phenoxy) is 1. The smallest absolute Gasteiger partial charge is 0.224 e. The fourth-order valence-corrected chi connectivity index (χ4v) is 2.66. The van der Waals surface area contributed by atoms with Crippen LogP contribution >= 0.6 is 11.6 Å². The van der Waals surface area contributed by atoms with Gasteiger partial charge in [0.15, 0.2) is 0 Å². The van der Waals surface area contributed by atoms with Crippen LogP contribution in [-0.4, -0.2) is 53.6 Å². The van der Waals surface area contributed by atoms with E-state index < -0.39 is 0 Å². The zero-order valence-electron chi connectivity index (χ0n) is 12.4. The van der Waals surface area contributed by atoms with Gasteiger partial charge in [0.05, 0.1) is 13.0 Å². The Morgan fingerprint density at radius 2 is 2.19 bits per heavy atom. The van der Waals surface area contributed by atoms with Crippen LogP contribution in [0.15, 0.2) is 6.07 Å². The first-order chi connectivity index (χ1) is 10.1. The molecular formula is C14H21ClN4O2. The molecule has 1 aromatic rings. The number of methoxy groups -OCH3 is 1. The molecule has 0 bridgehead atoms. The van der Waals surface area contributed by atoms with Crippen LogP contribution in [0.1, 0.15) is 25.1 Å². The number of nitrogens with one attached hydrogen (secondary N) is 1. The Morgan fingerprint density at radius 3 is 2.81 bits per heavy atom. The summed E-state index contributed by atoms with van der Waals surface area (Å²) in [6.45, 7) is 3.82. The second-order valence-corrected chi connectivity index (χ2v) is 5.55. The molecule has 0 unspecified atom stereocenters. The number of halogens is 1. The van der Waals surface area contributed by atoms with Gasteiger partial charge in [0.2, 0.25) is 5.91 Å². The predicted octanol–water partition coefficient (Wildman–Crippen LogP) is 1.88. The van der Waals surface area contributed by atoms with Crippen LogP contribution in [0, 0.1) is 6.92 Å². The number of rotatable bonds is 5. The Morgan fingerprint density at radius 1 is 1.48 bits per heavy atom. The van der Waals surface area contributed by atoms with E-state index in [0.29, 0.717) is 30.0 Å². The van der Waals surface area contributed by atoms with Gasteiger partial charge < -0.3 is 15.0 Å². The molecule has 7 heteroatoms. The highest BCUT2D eigenvalue weighted by atomic mass is 35.5. The van der Waals surface area contributed by atoms with Crippen LogP contribution in [0.4, 0.5) is 5.82 Å². The molecule has 2 heterocycles. The van der Waals surface area contributed by atoms with Crippen LogP contribution < -0.4 is 5.32 Å². The second kappa shape index (κ2) is 7.56. The number of anilines is 1. The molecule has 2 rings (SSSR count). The number of aromatic nitrogens is 2. The lowest BCUT2D eigenvalue weighted by atomic mass is 10.0. The molecule has 1 fully saturated rings. The number of likely N-dealkylation sites (tertiary alicyclic amines) is 1. The minimum absolute atomic E-state index is 0.163. The van der Waals surface area contributed by atoms with Gasteiger partial charge in [-0.3, -0.25) is 4.79 Å². The summed E-state index contributed by atoms with van der Waals surface area (Å²) < 4.78 is 4.94. The number of piperidine rings is 1. The third-order valence-electron chi connectivity index (χ3n) is 3.53. The average molecular weight is 313 g/mol. The fraction of sp³-hybridized carbons (Fsp3) is 0.643. The highest BCUT2D eigenvalue weighted by Crippen LogP contribution is 2.18. The van der Waals surface area contributed by atoms with Gasteiger partial charge in [0.1, 0.15) is 16.8 Å². The summed E-state index contributed by atoms with van der Waals surface area (Å²) in [6, 6.07) is 2.03. The Bertz CT molecular complexity index is 470. The van der Waals surface area contributed by atoms with Crippen molar-refractivity contribution in [2.45, 2.75) is 32.2 Å². The molecular weight excluding hydrogens is 292 g/mol. The van der Waals surface area contributed by atoms with Crippen molar-refractivity contribution < 1.29 is 9.53 Å². The van der Waals surface area contributed by atoms with Crippen LogP contribution in [0.25, 0.3) is 0 Å². The molecule has 0 aromatic carbocycles. The van der Waals surface area contributed by atoms with E-state index in [1.807, 2.05) is 11.8 Å². The minimum atomic E-state index is 0.163. The van der Waals surface area contributed by atoms with E-state index in [-0.39, 0.29) is 5.91 Å². The minimum Gasteiger partial charge on any atom is -0.384 e. The van der Waals surface area contributed by atoms with E-state index in [9.17, 15) is 4.79 Å². The molecule has 0 atom stereocenters.